The first kappa shape index (κ1) is 9.59. The zero-order valence-corrected chi connectivity index (χ0v) is 8.08. The largest absolute Gasteiger partial charge is 0.291 e. The lowest BCUT2D eigenvalue weighted by Gasteiger charge is -2.39. The van der Waals surface area contributed by atoms with Gasteiger partial charge in [-0.1, -0.05) is 12.1 Å². The van der Waals surface area contributed by atoms with Gasteiger partial charge in [0.1, 0.15) is 12.0 Å². The minimum atomic E-state index is -0.683. The first-order valence-corrected chi connectivity index (χ1v) is 4.80. The molecule has 0 spiro atoms. The Morgan fingerprint density at radius 2 is 1.86 bits per heavy atom. The third-order valence-electron chi connectivity index (χ3n) is 2.77. The first-order chi connectivity index (χ1) is 6.66. The van der Waals surface area contributed by atoms with Crippen LogP contribution in [0.1, 0.15) is 18.5 Å². The summed E-state index contributed by atoms with van der Waals surface area (Å²) in [5, 5.41) is 0. The van der Waals surface area contributed by atoms with Crippen LogP contribution >= 0.6 is 0 Å². The van der Waals surface area contributed by atoms with E-state index < -0.39 is 6.17 Å². The minimum Gasteiger partial charge on any atom is -0.291 e. The normalized spacial score (nSPS) is 20.5. The average molecular weight is 197 g/mol. The van der Waals surface area contributed by atoms with Gasteiger partial charge in [-0.2, -0.15) is 0 Å². The molecule has 1 fully saturated rings. The molecule has 14 heavy (non-hydrogen) atoms. The fraction of sp³-hybridized carbons (Fsp3) is 0.455. The molecule has 2 rings (SSSR count). The molecule has 1 aromatic rings. The van der Waals surface area contributed by atoms with E-state index in [-0.39, 0.29) is 11.9 Å². The molecule has 76 valence electrons. The van der Waals surface area contributed by atoms with E-state index in [1.54, 1.807) is 12.1 Å². The van der Waals surface area contributed by atoms with Crippen molar-refractivity contribution in [2.75, 3.05) is 13.1 Å². The Balaban J connectivity index is 2.04. The molecule has 0 N–H and O–H groups in total. The van der Waals surface area contributed by atoms with Crippen LogP contribution < -0.4 is 0 Å². The number of benzene rings is 1. The minimum absolute atomic E-state index is 0.183. The van der Waals surface area contributed by atoms with Crippen LogP contribution in [0.4, 0.5) is 8.78 Å². The van der Waals surface area contributed by atoms with Crippen molar-refractivity contribution in [2.24, 2.45) is 0 Å². The molecule has 0 radical (unpaired) electrons. The van der Waals surface area contributed by atoms with Gasteiger partial charge in [0.15, 0.2) is 0 Å². The number of rotatable bonds is 2. The predicted molar refractivity (Wildman–Crippen MR) is 51.3 cm³/mol. The Hall–Kier alpha value is -0.960. The fourth-order valence-corrected chi connectivity index (χ4v) is 1.72. The number of halogens is 2. The van der Waals surface area contributed by atoms with E-state index in [2.05, 4.69) is 0 Å². The predicted octanol–water partition coefficient (Wildman–Crippen LogP) is 2.54. The molecule has 0 amide bonds. The highest BCUT2D eigenvalue weighted by molar-refractivity contribution is 5.20. The zero-order chi connectivity index (χ0) is 10.1. The van der Waals surface area contributed by atoms with Crippen molar-refractivity contribution in [3.63, 3.8) is 0 Å². The number of hydrogen-bond acceptors (Lipinski definition) is 1. The highest BCUT2D eigenvalue weighted by Gasteiger charge is 2.30. The highest BCUT2D eigenvalue weighted by atomic mass is 19.1. The van der Waals surface area contributed by atoms with E-state index in [1.807, 2.05) is 11.8 Å². The van der Waals surface area contributed by atoms with E-state index in [1.165, 1.54) is 12.1 Å². The summed E-state index contributed by atoms with van der Waals surface area (Å²) in [6.45, 7) is 3.01. The molecule has 0 bridgehead atoms. The standard InChI is InChI=1S/C11H13F2N/c1-8(14-6-11(13)7-14)9-2-4-10(12)5-3-9/h2-5,8,11H,6-7H2,1H3. The van der Waals surface area contributed by atoms with Gasteiger partial charge in [-0.25, -0.2) is 8.78 Å². The van der Waals surface area contributed by atoms with Crippen molar-refractivity contribution in [1.29, 1.82) is 0 Å². The summed E-state index contributed by atoms with van der Waals surface area (Å²) in [5.74, 6) is -0.229. The van der Waals surface area contributed by atoms with Crippen molar-refractivity contribution in [2.45, 2.75) is 19.1 Å². The van der Waals surface area contributed by atoms with Crippen molar-refractivity contribution in [1.82, 2.24) is 4.90 Å². The molecule has 0 aliphatic carbocycles. The van der Waals surface area contributed by atoms with Crippen molar-refractivity contribution < 1.29 is 8.78 Å². The second kappa shape index (κ2) is 3.65. The van der Waals surface area contributed by atoms with E-state index in [0.29, 0.717) is 13.1 Å². The maximum Gasteiger partial charge on any atom is 0.125 e. The number of alkyl halides is 1. The van der Waals surface area contributed by atoms with Gasteiger partial charge in [0.05, 0.1) is 0 Å². The molecule has 1 saturated heterocycles. The third-order valence-corrected chi connectivity index (χ3v) is 2.77. The van der Waals surface area contributed by atoms with Gasteiger partial charge in [0.2, 0.25) is 0 Å². The van der Waals surface area contributed by atoms with Gasteiger partial charge < -0.3 is 0 Å². The second-order valence-corrected chi connectivity index (χ2v) is 3.78. The van der Waals surface area contributed by atoms with Gasteiger partial charge in [-0.05, 0) is 24.6 Å². The van der Waals surface area contributed by atoms with Crippen molar-refractivity contribution in [3.8, 4) is 0 Å². The maximum absolute atomic E-state index is 12.6. The molecular formula is C11H13F2N. The molecule has 1 aliphatic heterocycles. The first-order valence-electron chi connectivity index (χ1n) is 4.80. The van der Waals surface area contributed by atoms with Crippen LogP contribution in [0.2, 0.25) is 0 Å². The lowest BCUT2D eigenvalue weighted by Crippen LogP contribution is -2.49. The van der Waals surface area contributed by atoms with Gasteiger partial charge >= 0.3 is 0 Å². The smallest absolute Gasteiger partial charge is 0.125 e. The number of hydrogen-bond donors (Lipinski definition) is 0. The lowest BCUT2D eigenvalue weighted by molar-refractivity contribution is 0.0330. The van der Waals surface area contributed by atoms with Gasteiger partial charge in [0, 0.05) is 19.1 Å². The Kier molecular flexibility index (Phi) is 2.50. The molecule has 0 aromatic heterocycles. The van der Waals surface area contributed by atoms with Crippen LogP contribution in [-0.4, -0.2) is 24.2 Å². The molecule has 0 saturated carbocycles. The van der Waals surface area contributed by atoms with Gasteiger partial charge in [-0.3, -0.25) is 4.90 Å². The zero-order valence-electron chi connectivity index (χ0n) is 8.08. The molecule has 1 aromatic carbocycles. The Morgan fingerprint density at radius 1 is 1.29 bits per heavy atom. The van der Waals surface area contributed by atoms with E-state index in [0.717, 1.165) is 5.56 Å². The Labute approximate surface area is 82.3 Å². The summed E-state index contributed by atoms with van der Waals surface area (Å²) in [4.78, 5) is 2.04. The van der Waals surface area contributed by atoms with Crippen LogP contribution in [0.3, 0.4) is 0 Å². The van der Waals surface area contributed by atoms with Gasteiger partial charge in [0.25, 0.3) is 0 Å². The van der Waals surface area contributed by atoms with Crippen LogP contribution in [0.5, 0.6) is 0 Å². The maximum atomic E-state index is 12.6. The summed E-state index contributed by atoms with van der Waals surface area (Å²) >= 11 is 0. The number of nitrogens with zero attached hydrogens (tertiary/aromatic N) is 1. The molecular weight excluding hydrogens is 184 g/mol. The quantitative estimate of drug-likeness (QED) is 0.704. The molecule has 1 unspecified atom stereocenters. The topological polar surface area (TPSA) is 3.24 Å². The summed E-state index contributed by atoms with van der Waals surface area (Å²) in [6, 6.07) is 6.58. The number of likely N-dealkylation sites (tertiary alicyclic amines) is 1. The summed E-state index contributed by atoms with van der Waals surface area (Å²) in [6.07, 6.45) is -0.683. The Morgan fingerprint density at radius 3 is 2.36 bits per heavy atom. The van der Waals surface area contributed by atoms with Crippen LogP contribution in [0.15, 0.2) is 24.3 Å². The van der Waals surface area contributed by atoms with Gasteiger partial charge in [-0.15, -0.1) is 0 Å². The molecule has 1 heterocycles. The molecule has 1 atom stereocenters. The molecule has 3 heteroatoms. The van der Waals surface area contributed by atoms with Crippen molar-refractivity contribution >= 4 is 0 Å². The third kappa shape index (κ3) is 1.77. The van der Waals surface area contributed by atoms with E-state index in [4.69, 9.17) is 0 Å². The van der Waals surface area contributed by atoms with Crippen LogP contribution in [-0.2, 0) is 0 Å². The second-order valence-electron chi connectivity index (χ2n) is 3.78. The monoisotopic (exact) mass is 197 g/mol. The summed E-state index contributed by atoms with van der Waals surface area (Å²) < 4.78 is 25.2. The molecule has 1 nitrogen and oxygen atoms in total. The van der Waals surface area contributed by atoms with Crippen molar-refractivity contribution in [3.05, 3.63) is 35.6 Å². The average Bonchev–Trinajstić information content (AvgIpc) is 2.13. The fourth-order valence-electron chi connectivity index (χ4n) is 1.72. The van der Waals surface area contributed by atoms with Crippen LogP contribution in [0, 0.1) is 5.82 Å². The highest BCUT2D eigenvalue weighted by Crippen LogP contribution is 2.26. The SMILES string of the molecule is CC(c1ccc(F)cc1)N1CC(F)C1. The summed E-state index contributed by atoms with van der Waals surface area (Å²) in [5.41, 5.74) is 1.04. The lowest BCUT2D eigenvalue weighted by atomic mass is 10.0. The summed E-state index contributed by atoms with van der Waals surface area (Å²) in [7, 11) is 0. The molecule has 1 aliphatic rings. The van der Waals surface area contributed by atoms with Crippen LogP contribution in [0.25, 0.3) is 0 Å². The Bertz CT molecular complexity index is 304. The van der Waals surface area contributed by atoms with E-state index >= 15 is 0 Å². The van der Waals surface area contributed by atoms with E-state index in [9.17, 15) is 8.78 Å².